The molecule has 1 aromatic rings. The second-order valence-electron chi connectivity index (χ2n) is 5.94. The van der Waals surface area contributed by atoms with Gasteiger partial charge in [0.25, 0.3) is 0 Å². The van der Waals surface area contributed by atoms with Gasteiger partial charge in [-0.15, -0.1) is 16.4 Å². The number of nitrogens with two attached hydrogens (primary N) is 1. The average Bonchev–Trinajstić information content (AvgIpc) is 3.00. The molecule has 2 aliphatic rings. The van der Waals surface area contributed by atoms with E-state index in [-0.39, 0.29) is 5.54 Å². The Labute approximate surface area is 124 Å². The lowest BCUT2D eigenvalue weighted by molar-refractivity contribution is -0.150. The maximum atomic E-state index is 6.03. The van der Waals surface area contributed by atoms with Gasteiger partial charge in [0, 0.05) is 31.1 Å². The summed E-state index contributed by atoms with van der Waals surface area (Å²) in [5, 5.41) is 5.03. The van der Waals surface area contributed by atoms with Crippen LogP contribution in [0.4, 0.5) is 5.00 Å². The molecule has 5 nitrogen and oxygen atoms in total. The quantitative estimate of drug-likeness (QED) is 0.920. The van der Waals surface area contributed by atoms with E-state index in [9.17, 15) is 0 Å². The Morgan fingerprint density at radius 3 is 3.15 bits per heavy atom. The Hall–Kier alpha value is -0.820. The first-order valence-electron chi connectivity index (χ1n) is 7.15. The van der Waals surface area contributed by atoms with Crippen LogP contribution in [0.1, 0.15) is 25.3 Å². The standard InChI is InChI=1S/C14H23N3O2S/c1-14(4-3-5-16(10-14)6-7-18-2)17-8-11-12(19-17)9-20-13(11)15/h9H,3-8,10,15H2,1-2H3. The average molecular weight is 297 g/mol. The van der Waals surface area contributed by atoms with Crippen molar-refractivity contribution < 1.29 is 9.57 Å². The van der Waals surface area contributed by atoms with E-state index in [2.05, 4.69) is 16.9 Å². The van der Waals surface area contributed by atoms with E-state index in [1.807, 2.05) is 5.38 Å². The highest BCUT2D eigenvalue weighted by atomic mass is 32.1. The minimum absolute atomic E-state index is 0.0507. The van der Waals surface area contributed by atoms with Gasteiger partial charge in [-0.2, -0.15) is 0 Å². The van der Waals surface area contributed by atoms with Gasteiger partial charge in [-0.3, -0.25) is 4.90 Å². The van der Waals surface area contributed by atoms with Crippen molar-refractivity contribution in [2.24, 2.45) is 0 Å². The number of methoxy groups -OCH3 is 1. The number of thiophene rings is 1. The molecule has 0 radical (unpaired) electrons. The number of ether oxygens (including phenoxy) is 1. The molecule has 0 aromatic carbocycles. The molecule has 112 valence electrons. The van der Waals surface area contributed by atoms with Gasteiger partial charge in [-0.1, -0.05) is 0 Å². The summed E-state index contributed by atoms with van der Waals surface area (Å²) in [6.45, 7) is 7.04. The Morgan fingerprint density at radius 2 is 2.40 bits per heavy atom. The lowest BCUT2D eigenvalue weighted by Gasteiger charge is -2.44. The summed E-state index contributed by atoms with van der Waals surface area (Å²) in [4.78, 5) is 8.49. The molecule has 3 rings (SSSR count). The first-order valence-corrected chi connectivity index (χ1v) is 8.03. The van der Waals surface area contributed by atoms with Gasteiger partial charge >= 0.3 is 0 Å². The maximum Gasteiger partial charge on any atom is 0.164 e. The van der Waals surface area contributed by atoms with Crippen molar-refractivity contribution in [3.63, 3.8) is 0 Å². The first-order chi connectivity index (χ1) is 9.62. The molecule has 0 spiro atoms. The molecular formula is C14H23N3O2S. The molecule has 1 unspecified atom stereocenters. The van der Waals surface area contributed by atoms with Crippen molar-refractivity contribution in [1.29, 1.82) is 0 Å². The van der Waals surface area contributed by atoms with E-state index >= 15 is 0 Å². The van der Waals surface area contributed by atoms with Crippen LogP contribution in [0, 0.1) is 0 Å². The molecule has 2 N–H and O–H groups in total. The van der Waals surface area contributed by atoms with Crippen molar-refractivity contribution in [3.8, 4) is 5.75 Å². The van der Waals surface area contributed by atoms with Gasteiger partial charge in [0.1, 0.15) is 0 Å². The van der Waals surface area contributed by atoms with E-state index in [0.29, 0.717) is 0 Å². The fourth-order valence-corrected chi connectivity index (χ4v) is 3.87. The molecule has 20 heavy (non-hydrogen) atoms. The Morgan fingerprint density at radius 1 is 1.55 bits per heavy atom. The predicted molar refractivity (Wildman–Crippen MR) is 80.9 cm³/mol. The van der Waals surface area contributed by atoms with Crippen molar-refractivity contribution in [2.75, 3.05) is 39.1 Å². The number of likely N-dealkylation sites (tertiary alicyclic amines) is 1. The van der Waals surface area contributed by atoms with Gasteiger partial charge < -0.3 is 15.3 Å². The topological polar surface area (TPSA) is 51.0 Å². The molecule has 6 heteroatoms. The Bertz CT molecular complexity index is 479. The predicted octanol–water partition coefficient (Wildman–Crippen LogP) is 1.94. The summed E-state index contributed by atoms with van der Waals surface area (Å²) in [5.74, 6) is 0.947. The summed E-state index contributed by atoms with van der Waals surface area (Å²) in [5.41, 5.74) is 7.21. The number of nitrogen functional groups attached to an aromatic ring is 1. The zero-order valence-electron chi connectivity index (χ0n) is 12.2. The van der Waals surface area contributed by atoms with Crippen molar-refractivity contribution in [1.82, 2.24) is 9.96 Å². The molecule has 1 fully saturated rings. The third-order valence-corrected chi connectivity index (χ3v) is 5.20. The Kier molecular flexibility index (Phi) is 3.90. The van der Waals surface area contributed by atoms with E-state index < -0.39 is 0 Å². The monoisotopic (exact) mass is 297 g/mol. The summed E-state index contributed by atoms with van der Waals surface area (Å²) in [6, 6.07) is 0. The van der Waals surface area contributed by atoms with Crippen molar-refractivity contribution in [3.05, 3.63) is 10.9 Å². The molecule has 1 atom stereocenters. The van der Waals surface area contributed by atoms with E-state index in [4.69, 9.17) is 15.3 Å². The van der Waals surface area contributed by atoms with Crippen LogP contribution >= 0.6 is 11.3 Å². The summed E-state index contributed by atoms with van der Waals surface area (Å²) < 4.78 is 5.19. The van der Waals surface area contributed by atoms with Crippen molar-refractivity contribution in [2.45, 2.75) is 31.8 Å². The first kappa shape index (κ1) is 14.1. The van der Waals surface area contributed by atoms with Crippen LogP contribution < -0.4 is 10.6 Å². The van der Waals surface area contributed by atoms with Crippen LogP contribution in [0.2, 0.25) is 0 Å². The highest BCUT2D eigenvalue weighted by molar-refractivity contribution is 7.14. The molecule has 0 saturated carbocycles. The number of rotatable bonds is 4. The third kappa shape index (κ3) is 2.53. The SMILES string of the molecule is COCCN1CCCC(C)(N2Cc3c(csc3N)O2)C1. The number of nitrogens with zero attached hydrogens (tertiary/aromatic N) is 2. The van der Waals surface area contributed by atoms with E-state index in [1.54, 1.807) is 18.4 Å². The summed E-state index contributed by atoms with van der Waals surface area (Å²) in [6.07, 6.45) is 2.35. The maximum absolute atomic E-state index is 6.03. The molecule has 2 aliphatic heterocycles. The number of hydroxylamine groups is 2. The second kappa shape index (κ2) is 5.52. The number of fused-ring (bicyclic) bond motifs is 1. The van der Waals surface area contributed by atoms with Crippen molar-refractivity contribution >= 4 is 16.3 Å². The van der Waals surface area contributed by atoms with E-state index in [0.717, 1.165) is 55.5 Å². The molecular weight excluding hydrogens is 274 g/mol. The van der Waals surface area contributed by atoms with Crippen LogP contribution in [-0.4, -0.2) is 48.9 Å². The number of hydrogen-bond acceptors (Lipinski definition) is 6. The smallest absolute Gasteiger partial charge is 0.164 e. The summed E-state index contributed by atoms with van der Waals surface area (Å²) in [7, 11) is 1.76. The largest absolute Gasteiger partial charge is 0.404 e. The number of piperidine rings is 1. The molecule has 0 amide bonds. The molecule has 1 saturated heterocycles. The second-order valence-corrected chi connectivity index (χ2v) is 6.85. The fourth-order valence-electron chi connectivity index (χ4n) is 3.15. The van der Waals surface area contributed by atoms with Crippen LogP contribution in [0.3, 0.4) is 0 Å². The minimum Gasteiger partial charge on any atom is -0.404 e. The highest BCUT2D eigenvalue weighted by Gasteiger charge is 2.42. The molecule has 1 aromatic heterocycles. The zero-order valence-corrected chi connectivity index (χ0v) is 13.0. The molecule has 3 heterocycles. The lowest BCUT2D eigenvalue weighted by Crippen LogP contribution is -2.56. The van der Waals surface area contributed by atoms with Crippen LogP contribution in [0.15, 0.2) is 5.38 Å². The fraction of sp³-hybridized carbons (Fsp3) is 0.714. The van der Waals surface area contributed by atoms with Crippen LogP contribution in [0.25, 0.3) is 0 Å². The van der Waals surface area contributed by atoms with Crippen LogP contribution in [0.5, 0.6) is 5.75 Å². The lowest BCUT2D eigenvalue weighted by atomic mass is 9.90. The van der Waals surface area contributed by atoms with Gasteiger partial charge in [-0.05, 0) is 26.3 Å². The van der Waals surface area contributed by atoms with Gasteiger partial charge in [0.05, 0.1) is 23.7 Å². The molecule has 0 bridgehead atoms. The van der Waals surface area contributed by atoms with Gasteiger partial charge in [0.2, 0.25) is 0 Å². The minimum atomic E-state index is 0.0507. The van der Waals surface area contributed by atoms with Crippen LogP contribution in [-0.2, 0) is 11.3 Å². The highest BCUT2D eigenvalue weighted by Crippen LogP contribution is 2.42. The molecule has 0 aliphatic carbocycles. The van der Waals surface area contributed by atoms with E-state index in [1.165, 1.54) is 6.42 Å². The number of hydrogen-bond donors (Lipinski definition) is 1. The number of anilines is 1. The normalized spacial score (nSPS) is 27.5. The van der Waals surface area contributed by atoms with Gasteiger partial charge in [0.15, 0.2) is 5.75 Å². The zero-order chi connectivity index (χ0) is 14.2. The third-order valence-electron chi connectivity index (χ3n) is 4.37. The summed E-state index contributed by atoms with van der Waals surface area (Å²) >= 11 is 1.57. The van der Waals surface area contributed by atoms with Gasteiger partial charge in [-0.25, -0.2) is 0 Å². The Balaban J connectivity index is 1.67.